The van der Waals surface area contributed by atoms with Gasteiger partial charge in [-0.25, -0.2) is 4.39 Å². The lowest BCUT2D eigenvalue weighted by Gasteiger charge is -2.10. The standard InChI is InChI=1S/C9H7FN2O3/c10-6-3-12-7(1-5(6)4-13)9(15)8(14)2-11/h1,3-4,8-9,14-15H. The monoisotopic (exact) mass is 210 g/mol. The van der Waals surface area contributed by atoms with Crippen molar-refractivity contribution in [2.45, 2.75) is 12.2 Å². The fourth-order valence-corrected chi connectivity index (χ4v) is 0.956. The van der Waals surface area contributed by atoms with Gasteiger partial charge in [0.05, 0.1) is 23.5 Å². The van der Waals surface area contributed by atoms with Gasteiger partial charge in [-0.2, -0.15) is 5.26 Å². The number of carbonyl (C=O) groups excluding carboxylic acids is 1. The highest BCUT2D eigenvalue weighted by Crippen LogP contribution is 2.16. The molecule has 2 unspecified atom stereocenters. The molecule has 2 atom stereocenters. The zero-order valence-electron chi connectivity index (χ0n) is 7.46. The van der Waals surface area contributed by atoms with Crippen molar-refractivity contribution in [3.63, 3.8) is 0 Å². The summed E-state index contributed by atoms with van der Waals surface area (Å²) in [6.07, 6.45) is -2.23. The summed E-state index contributed by atoms with van der Waals surface area (Å²) in [5, 5.41) is 26.6. The van der Waals surface area contributed by atoms with Crippen LogP contribution >= 0.6 is 0 Å². The highest BCUT2D eigenvalue weighted by Gasteiger charge is 2.20. The molecule has 0 saturated carbocycles. The van der Waals surface area contributed by atoms with Gasteiger partial charge >= 0.3 is 0 Å². The molecule has 0 aromatic carbocycles. The number of aromatic nitrogens is 1. The van der Waals surface area contributed by atoms with Crippen molar-refractivity contribution in [3.8, 4) is 6.07 Å². The Morgan fingerprint density at radius 2 is 2.27 bits per heavy atom. The van der Waals surface area contributed by atoms with Crippen LogP contribution in [0.25, 0.3) is 0 Å². The van der Waals surface area contributed by atoms with Crippen LogP contribution in [0.15, 0.2) is 12.3 Å². The Labute approximate surface area is 84.4 Å². The SMILES string of the molecule is N#CC(O)C(O)c1cc(C=O)c(F)cn1. The normalized spacial score (nSPS) is 14.0. The number of aliphatic hydroxyl groups excluding tert-OH is 2. The van der Waals surface area contributed by atoms with Gasteiger partial charge in [0.15, 0.2) is 18.2 Å². The largest absolute Gasteiger partial charge is 0.383 e. The third-order valence-corrected chi connectivity index (χ3v) is 1.77. The number of pyridine rings is 1. The van der Waals surface area contributed by atoms with Gasteiger partial charge in [0.2, 0.25) is 0 Å². The summed E-state index contributed by atoms with van der Waals surface area (Å²) in [5.41, 5.74) is -0.420. The van der Waals surface area contributed by atoms with Crippen LogP contribution in [0.5, 0.6) is 0 Å². The number of aliphatic hydroxyl groups is 2. The van der Waals surface area contributed by atoms with E-state index in [1.807, 2.05) is 0 Å². The fourth-order valence-electron chi connectivity index (χ4n) is 0.956. The molecule has 5 nitrogen and oxygen atoms in total. The van der Waals surface area contributed by atoms with Gasteiger partial charge in [0.25, 0.3) is 0 Å². The molecule has 78 valence electrons. The number of carbonyl (C=O) groups is 1. The lowest BCUT2D eigenvalue weighted by Crippen LogP contribution is -2.17. The quantitative estimate of drug-likeness (QED) is 0.538. The number of nitriles is 1. The molecule has 2 N–H and O–H groups in total. The molecule has 0 bridgehead atoms. The molecule has 1 aromatic heterocycles. The van der Waals surface area contributed by atoms with Crippen molar-refractivity contribution < 1.29 is 19.4 Å². The van der Waals surface area contributed by atoms with Gasteiger partial charge in [-0.1, -0.05) is 0 Å². The molecule has 15 heavy (non-hydrogen) atoms. The van der Waals surface area contributed by atoms with Crippen LogP contribution in [-0.4, -0.2) is 27.6 Å². The highest BCUT2D eigenvalue weighted by molar-refractivity contribution is 5.75. The van der Waals surface area contributed by atoms with E-state index < -0.39 is 18.0 Å². The Morgan fingerprint density at radius 3 is 2.80 bits per heavy atom. The third-order valence-electron chi connectivity index (χ3n) is 1.77. The minimum atomic E-state index is -1.66. The van der Waals surface area contributed by atoms with Gasteiger partial charge in [0.1, 0.15) is 6.10 Å². The smallest absolute Gasteiger partial charge is 0.171 e. The third kappa shape index (κ3) is 2.34. The predicted octanol–water partition coefficient (Wildman–Crippen LogP) is -0.0489. The fraction of sp³-hybridized carbons (Fsp3) is 0.222. The molecule has 0 amide bonds. The predicted molar refractivity (Wildman–Crippen MR) is 46.2 cm³/mol. The Balaban J connectivity index is 3.06. The number of aldehydes is 1. The maximum Gasteiger partial charge on any atom is 0.171 e. The molecule has 0 aliphatic rings. The second-order valence-corrected chi connectivity index (χ2v) is 2.77. The van der Waals surface area contributed by atoms with E-state index in [1.165, 1.54) is 6.07 Å². The summed E-state index contributed by atoms with van der Waals surface area (Å²) in [7, 11) is 0. The number of hydrogen-bond donors (Lipinski definition) is 2. The average Bonchev–Trinajstić information content (AvgIpc) is 2.27. The van der Waals surface area contributed by atoms with Crippen LogP contribution in [-0.2, 0) is 0 Å². The minimum absolute atomic E-state index is 0.132. The zero-order valence-corrected chi connectivity index (χ0v) is 7.46. The Morgan fingerprint density at radius 1 is 1.60 bits per heavy atom. The molecule has 6 heteroatoms. The molecule has 0 spiro atoms. The van der Waals surface area contributed by atoms with E-state index >= 15 is 0 Å². The van der Waals surface area contributed by atoms with E-state index in [0.29, 0.717) is 0 Å². The van der Waals surface area contributed by atoms with Crippen LogP contribution in [0.2, 0.25) is 0 Å². The van der Waals surface area contributed by atoms with Crippen molar-refractivity contribution in [2.75, 3.05) is 0 Å². The number of halogens is 1. The maximum absolute atomic E-state index is 12.8. The number of hydrogen-bond acceptors (Lipinski definition) is 5. The van der Waals surface area contributed by atoms with Gasteiger partial charge < -0.3 is 10.2 Å². The molecular weight excluding hydrogens is 203 g/mol. The van der Waals surface area contributed by atoms with Gasteiger partial charge in [-0.3, -0.25) is 9.78 Å². The number of rotatable bonds is 3. The highest BCUT2D eigenvalue weighted by atomic mass is 19.1. The van der Waals surface area contributed by atoms with Crippen molar-refractivity contribution in [1.29, 1.82) is 5.26 Å². The molecule has 0 radical (unpaired) electrons. The van der Waals surface area contributed by atoms with E-state index in [1.54, 1.807) is 0 Å². The van der Waals surface area contributed by atoms with Crippen molar-refractivity contribution >= 4 is 6.29 Å². The Kier molecular flexibility index (Phi) is 3.44. The first-order chi connectivity index (χ1) is 7.10. The molecular formula is C9H7FN2O3. The van der Waals surface area contributed by atoms with Crippen molar-refractivity contribution in [1.82, 2.24) is 4.98 Å². The molecule has 0 saturated heterocycles. The molecule has 0 aliphatic heterocycles. The van der Waals surface area contributed by atoms with E-state index in [4.69, 9.17) is 10.4 Å². The van der Waals surface area contributed by atoms with Gasteiger partial charge in [0, 0.05) is 0 Å². The molecule has 1 aromatic rings. The summed E-state index contributed by atoms with van der Waals surface area (Å²) >= 11 is 0. The molecule has 0 fully saturated rings. The zero-order chi connectivity index (χ0) is 11.4. The summed E-state index contributed by atoms with van der Waals surface area (Å²) < 4.78 is 12.8. The number of nitrogens with zero attached hydrogens (tertiary/aromatic N) is 2. The topological polar surface area (TPSA) is 94.2 Å². The first-order valence-electron chi connectivity index (χ1n) is 3.96. The minimum Gasteiger partial charge on any atom is -0.383 e. The molecule has 0 aliphatic carbocycles. The van der Waals surface area contributed by atoms with Crippen LogP contribution in [0.1, 0.15) is 22.2 Å². The van der Waals surface area contributed by atoms with Crippen molar-refractivity contribution in [2.24, 2.45) is 0 Å². The summed E-state index contributed by atoms with van der Waals surface area (Å²) in [4.78, 5) is 13.8. The van der Waals surface area contributed by atoms with Gasteiger partial charge in [-0.15, -0.1) is 0 Å². The van der Waals surface area contributed by atoms with Crippen LogP contribution in [0.3, 0.4) is 0 Å². The summed E-state index contributed by atoms with van der Waals surface area (Å²) in [5.74, 6) is -0.826. The second kappa shape index (κ2) is 4.59. The van der Waals surface area contributed by atoms with Crippen LogP contribution in [0.4, 0.5) is 4.39 Å². The lowest BCUT2D eigenvalue weighted by atomic mass is 10.1. The van der Waals surface area contributed by atoms with E-state index in [0.717, 1.165) is 12.3 Å². The molecule has 1 rings (SSSR count). The lowest BCUT2D eigenvalue weighted by molar-refractivity contribution is 0.0497. The van der Waals surface area contributed by atoms with E-state index in [2.05, 4.69) is 4.98 Å². The Bertz CT molecular complexity index is 416. The maximum atomic E-state index is 12.8. The van der Waals surface area contributed by atoms with Crippen LogP contribution in [0, 0.1) is 17.1 Å². The Hall–Kier alpha value is -1.84. The van der Waals surface area contributed by atoms with Crippen molar-refractivity contribution in [3.05, 3.63) is 29.3 Å². The first-order valence-corrected chi connectivity index (χ1v) is 3.96. The van der Waals surface area contributed by atoms with E-state index in [-0.39, 0.29) is 17.5 Å². The van der Waals surface area contributed by atoms with Gasteiger partial charge in [-0.05, 0) is 6.07 Å². The molecule has 1 heterocycles. The summed E-state index contributed by atoms with van der Waals surface area (Å²) in [6.45, 7) is 0. The first kappa shape index (κ1) is 11.2. The van der Waals surface area contributed by atoms with Crippen LogP contribution < -0.4 is 0 Å². The second-order valence-electron chi connectivity index (χ2n) is 2.77. The average molecular weight is 210 g/mol. The summed E-state index contributed by atoms with van der Waals surface area (Å²) in [6, 6.07) is 2.38. The van der Waals surface area contributed by atoms with E-state index in [9.17, 15) is 14.3 Å².